The minimum Gasteiger partial charge on any atom is -0.326 e. The number of nitrogens with two attached hydrogens (primary N) is 1. The minimum atomic E-state index is -0.272. The number of aromatic nitrogens is 1. The number of pyridine rings is 1. The Hall–Kier alpha value is -2.26. The highest BCUT2D eigenvalue weighted by atomic mass is 19.1. The van der Waals surface area contributed by atoms with Crippen molar-refractivity contribution >= 4 is 10.8 Å². The zero-order chi connectivity index (χ0) is 13.2. The molecule has 0 radical (unpaired) electrons. The molecule has 0 aliphatic heterocycles. The zero-order valence-corrected chi connectivity index (χ0v) is 10.3. The van der Waals surface area contributed by atoms with Gasteiger partial charge in [0.1, 0.15) is 5.82 Å². The Kier molecular flexibility index (Phi) is 2.97. The Balaban J connectivity index is 2.24. The van der Waals surface area contributed by atoms with E-state index in [2.05, 4.69) is 4.98 Å². The average molecular weight is 252 g/mol. The van der Waals surface area contributed by atoms with Gasteiger partial charge in [0.05, 0.1) is 5.69 Å². The van der Waals surface area contributed by atoms with Crippen LogP contribution in [0.3, 0.4) is 0 Å². The van der Waals surface area contributed by atoms with Gasteiger partial charge in [-0.2, -0.15) is 0 Å². The first-order valence-corrected chi connectivity index (χ1v) is 6.12. The van der Waals surface area contributed by atoms with E-state index in [-0.39, 0.29) is 12.4 Å². The van der Waals surface area contributed by atoms with Gasteiger partial charge in [0.25, 0.3) is 0 Å². The van der Waals surface area contributed by atoms with E-state index in [1.807, 2.05) is 30.3 Å². The summed E-state index contributed by atoms with van der Waals surface area (Å²) in [6, 6.07) is 14.9. The van der Waals surface area contributed by atoms with E-state index in [9.17, 15) is 4.39 Å². The predicted octanol–water partition coefficient (Wildman–Crippen LogP) is 3.50. The largest absolute Gasteiger partial charge is 0.326 e. The van der Waals surface area contributed by atoms with Crippen LogP contribution in [0.15, 0.2) is 54.7 Å². The van der Waals surface area contributed by atoms with E-state index in [0.717, 1.165) is 22.0 Å². The fourth-order valence-electron chi connectivity index (χ4n) is 2.23. The Morgan fingerprint density at radius 1 is 1.05 bits per heavy atom. The molecule has 0 spiro atoms. The molecule has 3 rings (SSSR count). The molecule has 2 nitrogen and oxygen atoms in total. The standard InChI is InChI=1S/C16H13FN2/c17-15-6-5-12(9-13(15)10-18)16-14-4-2-1-3-11(14)7-8-19-16/h1-9H,10,18H2. The Bertz CT molecular complexity index is 732. The second-order valence-corrected chi connectivity index (χ2v) is 4.39. The molecule has 1 heterocycles. The SMILES string of the molecule is NCc1cc(-c2nccc3ccccc23)ccc1F. The van der Waals surface area contributed by atoms with E-state index in [1.54, 1.807) is 18.3 Å². The monoisotopic (exact) mass is 252 g/mol. The van der Waals surface area contributed by atoms with Crippen molar-refractivity contribution in [2.24, 2.45) is 5.73 Å². The van der Waals surface area contributed by atoms with Crippen LogP contribution in [0.2, 0.25) is 0 Å². The lowest BCUT2D eigenvalue weighted by atomic mass is 10.0. The van der Waals surface area contributed by atoms with E-state index >= 15 is 0 Å². The number of benzene rings is 2. The molecule has 2 aromatic carbocycles. The van der Waals surface area contributed by atoms with Crippen LogP contribution in [-0.4, -0.2) is 4.98 Å². The quantitative estimate of drug-likeness (QED) is 0.758. The summed E-state index contributed by atoms with van der Waals surface area (Å²) in [5.74, 6) is -0.272. The molecular formula is C16H13FN2. The molecule has 0 unspecified atom stereocenters. The van der Waals surface area contributed by atoms with Crippen LogP contribution < -0.4 is 5.73 Å². The van der Waals surface area contributed by atoms with Crippen molar-refractivity contribution in [1.82, 2.24) is 4.98 Å². The average Bonchev–Trinajstić information content (AvgIpc) is 2.47. The summed E-state index contributed by atoms with van der Waals surface area (Å²) in [6.07, 6.45) is 1.77. The van der Waals surface area contributed by atoms with Crippen molar-refractivity contribution in [3.05, 3.63) is 66.1 Å². The van der Waals surface area contributed by atoms with Gasteiger partial charge in [-0.3, -0.25) is 4.98 Å². The Morgan fingerprint density at radius 2 is 1.89 bits per heavy atom. The van der Waals surface area contributed by atoms with E-state index in [0.29, 0.717) is 5.56 Å². The topological polar surface area (TPSA) is 38.9 Å². The summed E-state index contributed by atoms with van der Waals surface area (Å²) in [6.45, 7) is 0.185. The molecule has 0 saturated carbocycles. The minimum absolute atomic E-state index is 0.185. The van der Waals surface area contributed by atoms with Gasteiger partial charge >= 0.3 is 0 Å². The molecule has 3 heteroatoms. The molecular weight excluding hydrogens is 239 g/mol. The number of fused-ring (bicyclic) bond motifs is 1. The van der Waals surface area contributed by atoms with E-state index < -0.39 is 0 Å². The Labute approximate surface area is 110 Å². The van der Waals surface area contributed by atoms with E-state index in [4.69, 9.17) is 5.73 Å². The lowest BCUT2D eigenvalue weighted by Crippen LogP contribution is -2.00. The highest BCUT2D eigenvalue weighted by Crippen LogP contribution is 2.27. The summed E-state index contributed by atoms with van der Waals surface area (Å²) >= 11 is 0. The van der Waals surface area contributed by atoms with Crippen LogP contribution in [0, 0.1) is 5.82 Å². The molecule has 0 amide bonds. The normalized spacial score (nSPS) is 10.8. The van der Waals surface area contributed by atoms with Gasteiger partial charge in [0.15, 0.2) is 0 Å². The van der Waals surface area contributed by atoms with Crippen LogP contribution in [0.25, 0.3) is 22.0 Å². The highest BCUT2D eigenvalue weighted by molar-refractivity contribution is 5.94. The predicted molar refractivity (Wildman–Crippen MR) is 75.0 cm³/mol. The van der Waals surface area contributed by atoms with Gasteiger partial charge in [0.2, 0.25) is 0 Å². The lowest BCUT2D eigenvalue weighted by molar-refractivity contribution is 0.611. The van der Waals surface area contributed by atoms with Crippen LogP contribution in [0.4, 0.5) is 4.39 Å². The van der Waals surface area contributed by atoms with Gasteiger partial charge in [-0.1, -0.05) is 24.3 Å². The fraction of sp³-hybridized carbons (Fsp3) is 0.0625. The van der Waals surface area contributed by atoms with Gasteiger partial charge < -0.3 is 5.73 Å². The lowest BCUT2D eigenvalue weighted by Gasteiger charge is -2.08. The number of hydrogen-bond donors (Lipinski definition) is 1. The second-order valence-electron chi connectivity index (χ2n) is 4.39. The number of hydrogen-bond acceptors (Lipinski definition) is 2. The summed E-state index contributed by atoms with van der Waals surface area (Å²) in [5.41, 5.74) is 7.80. The van der Waals surface area contributed by atoms with Crippen LogP contribution in [0.5, 0.6) is 0 Å². The van der Waals surface area contributed by atoms with Crippen molar-refractivity contribution in [1.29, 1.82) is 0 Å². The van der Waals surface area contributed by atoms with Crippen LogP contribution in [-0.2, 0) is 6.54 Å². The van der Waals surface area contributed by atoms with E-state index in [1.165, 1.54) is 6.07 Å². The molecule has 1 aromatic heterocycles. The summed E-state index contributed by atoms with van der Waals surface area (Å²) in [5, 5.41) is 2.17. The molecule has 0 atom stereocenters. The van der Waals surface area contributed by atoms with Gasteiger partial charge in [-0.15, -0.1) is 0 Å². The number of halogens is 1. The van der Waals surface area contributed by atoms with Crippen molar-refractivity contribution in [3.63, 3.8) is 0 Å². The molecule has 0 aliphatic rings. The van der Waals surface area contributed by atoms with Crippen molar-refractivity contribution in [2.45, 2.75) is 6.54 Å². The highest BCUT2D eigenvalue weighted by Gasteiger charge is 2.08. The molecule has 2 N–H and O–H groups in total. The van der Waals surface area contributed by atoms with Crippen LogP contribution >= 0.6 is 0 Å². The third-order valence-corrected chi connectivity index (χ3v) is 3.21. The molecule has 0 saturated heterocycles. The smallest absolute Gasteiger partial charge is 0.127 e. The van der Waals surface area contributed by atoms with Crippen molar-refractivity contribution < 1.29 is 4.39 Å². The summed E-state index contributed by atoms with van der Waals surface area (Å²) in [4.78, 5) is 4.42. The van der Waals surface area contributed by atoms with Crippen molar-refractivity contribution in [2.75, 3.05) is 0 Å². The summed E-state index contributed by atoms with van der Waals surface area (Å²) < 4.78 is 13.5. The summed E-state index contributed by atoms with van der Waals surface area (Å²) in [7, 11) is 0. The van der Waals surface area contributed by atoms with Gasteiger partial charge in [0, 0.05) is 29.3 Å². The molecule has 19 heavy (non-hydrogen) atoms. The first-order chi connectivity index (χ1) is 9.29. The molecule has 0 aliphatic carbocycles. The van der Waals surface area contributed by atoms with Crippen molar-refractivity contribution in [3.8, 4) is 11.3 Å². The first kappa shape index (κ1) is 11.8. The molecule has 94 valence electrons. The Morgan fingerprint density at radius 3 is 2.74 bits per heavy atom. The number of rotatable bonds is 2. The fourth-order valence-corrected chi connectivity index (χ4v) is 2.23. The third kappa shape index (κ3) is 2.09. The van der Waals surface area contributed by atoms with Gasteiger partial charge in [-0.05, 0) is 29.7 Å². The maximum atomic E-state index is 13.5. The third-order valence-electron chi connectivity index (χ3n) is 3.21. The first-order valence-electron chi connectivity index (χ1n) is 6.12. The van der Waals surface area contributed by atoms with Gasteiger partial charge in [-0.25, -0.2) is 4.39 Å². The maximum Gasteiger partial charge on any atom is 0.127 e. The maximum absolute atomic E-state index is 13.5. The zero-order valence-electron chi connectivity index (χ0n) is 10.3. The number of nitrogens with zero attached hydrogens (tertiary/aromatic N) is 1. The molecule has 3 aromatic rings. The second kappa shape index (κ2) is 4.78. The molecule has 0 fully saturated rings. The van der Waals surface area contributed by atoms with Crippen LogP contribution in [0.1, 0.15) is 5.56 Å². The molecule has 0 bridgehead atoms.